The number of amides is 3. The largest absolute Gasteiger partial charge is 0.481 e. The molecule has 0 bridgehead atoms. The molecular weight excluding hydrogens is 494 g/mol. The maximum absolute atomic E-state index is 13.1. The third-order valence-electron chi connectivity index (χ3n) is 4.98. The Labute approximate surface area is 208 Å². The number of aromatic nitrogens is 1. The molecule has 2 atom stereocenters. The van der Waals surface area contributed by atoms with Gasteiger partial charge < -0.3 is 20.0 Å². The third kappa shape index (κ3) is 5.24. The molecule has 188 valence electrons. The number of carbonyl (C=O) groups excluding carboxylic acids is 3. The van der Waals surface area contributed by atoms with Crippen LogP contribution in [0.25, 0.3) is 0 Å². The van der Waals surface area contributed by atoms with Crippen LogP contribution in [0.2, 0.25) is 0 Å². The molecule has 0 spiro atoms. The lowest BCUT2D eigenvalue weighted by molar-refractivity contribution is -0.141. The number of hydrogen-bond donors (Lipinski definition) is 3. The van der Waals surface area contributed by atoms with Crippen molar-refractivity contribution in [2.24, 2.45) is 11.1 Å². The van der Waals surface area contributed by atoms with Crippen molar-refractivity contribution in [1.82, 2.24) is 20.3 Å². The lowest BCUT2D eigenvalue weighted by Crippen LogP contribution is -2.46. The molecular formula is C21H21N7O7S. The molecule has 2 aliphatic rings. The minimum absolute atomic E-state index is 0.000911. The molecule has 0 radical (unpaired) electrons. The number of anilines is 1. The van der Waals surface area contributed by atoms with Gasteiger partial charge in [0.1, 0.15) is 31.4 Å². The first-order chi connectivity index (χ1) is 17.2. The Bertz CT molecular complexity index is 1220. The van der Waals surface area contributed by atoms with E-state index in [1.54, 1.807) is 0 Å². The second-order valence-corrected chi connectivity index (χ2v) is 8.08. The van der Waals surface area contributed by atoms with E-state index >= 15 is 0 Å². The van der Waals surface area contributed by atoms with E-state index in [2.05, 4.69) is 33.9 Å². The Morgan fingerprint density at radius 1 is 1.47 bits per heavy atom. The molecule has 1 unspecified atom stereocenters. The van der Waals surface area contributed by atoms with Gasteiger partial charge in [-0.1, -0.05) is 23.9 Å². The number of nitrogens with zero attached hydrogens (tertiary/aromatic N) is 5. The van der Waals surface area contributed by atoms with Crippen LogP contribution >= 0.6 is 11.3 Å². The highest BCUT2D eigenvalue weighted by atomic mass is 32.1. The topological polar surface area (TPSA) is 187 Å². The molecule has 0 aromatic carbocycles. The molecule has 1 aromatic heterocycles. The molecule has 36 heavy (non-hydrogen) atoms. The van der Waals surface area contributed by atoms with Crippen LogP contribution in [0.3, 0.4) is 0 Å². The van der Waals surface area contributed by atoms with E-state index < -0.39 is 35.8 Å². The summed E-state index contributed by atoms with van der Waals surface area (Å²) in [5, 5.41) is 31.7. The predicted molar refractivity (Wildman–Crippen MR) is 125 cm³/mol. The summed E-state index contributed by atoms with van der Waals surface area (Å²) >= 11 is 1.00. The second-order valence-electron chi connectivity index (χ2n) is 7.22. The molecule has 15 heteroatoms. The second kappa shape index (κ2) is 11.3. The van der Waals surface area contributed by atoms with E-state index in [-0.39, 0.29) is 47.5 Å². The standard InChI is InChI=1S/C21H21N7O7S/c1-4-6-35-21(33)25-20-24-14(10-36-20)15(26-34-3)17(29)23-13-9-27-8-11(7-22)16(28(27)18(13)30)12(5-2)19(31)32/h4-5,10,12-13H,1-2,6,8-9H2,3H3,(H,23,29)(H,31,32)(H,24,25,33)/t12?,13-/m0/s1. The van der Waals surface area contributed by atoms with E-state index in [1.165, 1.54) is 23.6 Å². The molecule has 3 rings (SSSR count). The number of nitriles is 1. The highest BCUT2D eigenvalue weighted by Crippen LogP contribution is 2.34. The van der Waals surface area contributed by atoms with Crippen LogP contribution < -0.4 is 10.6 Å². The van der Waals surface area contributed by atoms with E-state index in [9.17, 15) is 29.5 Å². The van der Waals surface area contributed by atoms with Crippen LogP contribution in [-0.2, 0) is 24.0 Å². The maximum atomic E-state index is 13.1. The van der Waals surface area contributed by atoms with Crippen molar-refractivity contribution in [3.8, 4) is 6.07 Å². The lowest BCUT2D eigenvalue weighted by Gasteiger charge is -2.24. The van der Waals surface area contributed by atoms with Gasteiger partial charge in [-0.2, -0.15) is 5.26 Å². The fourth-order valence-electron chi connectivity index (χ4n) is 3.52. The summed E-state index contributed by atoms with van der Waals surface area (Å²) < 4.78 is 4.81. The zero-order valence-electron chi connectivity index (χ0n) is 19.0. The lowest BCUT2D eigenvalue weighted by atomic mass is 10.0. The summed E-state index contributed by atoms with van der Waals surface area (Å²) in [6.45, 7) is 6.92. The summed E-state index contributed by atoms with van der Waals surface area (Å²) in [6, 6.07) is 0.861. The minimum Gasteiger partial charge on any atom is -0.481 e. The average Bonchev–Trinajstić information content (AvgIpc) is 3.52. The van der Waals surface area contributed by atoms with Gasteiger partial charge in [0.2, 0.25) is 0 Å². The van der Waals surface area contributed by atoms with E-state index in [0.29, 0.717) is 0 Å². The van der Waals surface area contributed by atoms with Gasteiger partial charge in [0.25, 0.3) is 11.8 Å². The Balaban J connectivity index is 1.76. The number of oxime groups is 1. The molecule has 1 aromatic rings. The number of carboxylic acids is 1. The van der Waals surface area contributed by atoms with Gasteiger partial charge in [-0.25, -0.2) is 19.8 Å². The van der Waals surface area contributed by atoms with Crippen LogP contribution in [0.5, 0.6) is 0 Å². The van der Waals surface area contributed by atoms with Gasteiger partial charge in [-0.3, -0.25) is 19.7 Å². The Morgan fingerprint density at radius 2 is 2.22 bits per heavy atom. The maximum Gasteiger partial charge on any atom is 0.413 e. The fourth-order valence-corrected chi connectivity index (χ4v) is 4.21. The third-order valence-corrected chi connectivity index (χ3v) is 5.74. The Kier molecular flexibility index (Phi) is 8.14. The first-order valence-electron chi connectivity index (χ1n) is 10.3. The van der Waals surface area contributed by atoms with E-state index in [1.807, 2.05) is 6.07 Å². The van der Waals surface area contributed by atoms with Crippen LogP contribution in [0.1, 0.15) is 5.69 Å². The first kappa shape index (κ1) is 26.1. The summed E-state index contributed by atoms with van der Waals surface area (Å²) in [6.07, 6.45) is 1.75. The number of fused-ring (bicyclic) bond motifs is 1. The summed E-state index contributed by atoms with van der Waals surface area (Å²) in [5.74, 6) is -3.98. The zero-order chi connectivity index (χ0) is 26.4. The Morgan fingerprint density at radius 3 is 2.83 bits per heavy atom. The van der Waals surface area contributed by atoms with E-state index in [4.69, 9.17) is 9.57 Å². The van der Waals surface area contributed by atoms with Crippen molar-refractivity contribution in [3.63, 3.8) is 0 Å². The van der Waals surface area contributed by atoms with Gasteiger partial charge in [-0.15, -0.1) is 17.9 Å². The molecule has 14 nitrogen and oxygen atoms in total. The monoisotopic (exact) mass is 515 g/mol. The number of rotatable bonds is 10. The van der Waals surface area contributed by atoms with Gasteiger partial charge >= 0.3 is 12.1 Å². The molecule has 1 fully saturated rings. The van der Waals surface area contributed by atoms with E-state index in [0.717, 1.165) is 22.4 Å². The molecule has 0 aliphatic carbocycles. The van der Waals surface area contributed by atoms with Crippen LogP contribution in [0.15, 0.2) is 47.1 Å². The molecule has 3 amide bonds. The zero-order valence-corrected chi connectivity index (χ0v) is 19.8. The van der Waals surface area contributed by atoms with Crippen molar-refractivity contribution < 1.29 is 33.9 Å². The number of hydrogen-bond acceptors (Lipinski definition) is 11. The van der Waals surface area contributed by atoms with Crippen molar-refractivity contribution in [2.75, 3.05) is 32.1 Å². The molecule has 3 heterocycles. The summed E-state index contributed by atoms with van der Waals surface area (Å²) in [7, 11) is 1.22. The number of carbonyl (C=O) groups is 4. The number of thiazole rings is 1. The van der Waals surface area contributed by atoms with Crippen molar-refractivity contribution in [2.45, 2.75) is 6.04 Å². The fraction of sp³-hybridized carbons (Fsp3) is 0.286. The molecule has 0 saturated carbocycles. The van der Waals surface area contributed by atoms with Gasteiger partial charge in [0.05, 0.1) is 23.9 Å². The summed E-state index contributed by atoms with van der Waals surface area (Å²) in [4.78, 5) is 58.3. The molecule has 3 N–H and O–H groups in total. The van der Waals surface area contributed by atoms with Gasteiger partial charge in [-0.05, 0) is 0 Å². The molecule has 2 aliphatic heterocycles. The minimum atomic E-state index is -1.28. The predicted octanol–water partition coefficient (Wildman–Crippen LogP) is 0.450. The number of nitrogens with one attached hydrogen (secondary N) is 2. The van der Waals surface area contributed by atoms with Crippen molar-refractivity contribution >= 4 is 46.1 Å². The van der Waals surface area contributed by atoms with Gasteiger partial charge in [0.15, 0.2) is 10.8 Å². The molecule has 1 saturated heterocycles. The quantitative estimate of drug-likeness (QED) is 0.224. The SMILES string of the molecule is C=CCOC(=O)Nc1nc(C(=NOC)C(=O)N[C@H]2CN3CC(C#N)=C(C(C=C)C(=O)O)N3C2=O)cs1. The number of aliphatic carboxylic acids is 1. The number of carboxylic acid groups (broad SMARTS) is 1. The van der Waals surface area contributed by atoms with Crippen LogP contribution in [-0.4, -0.2) is 82.5 Å². The number of ether oxygens (including phenoxy) is 1. The average molecular weight is 516 g/mol. The number of hydrazine groups is 1. The normalized spacial score (nSPS) is 18.2. The van der Waals surface area contributed by atoms with Gasteiger partial charge in [0, 0.05) is 11.9 Å². The Hall–Kier alpha value is -4.55. The van der Waals surface area contributed by atoms with Crippen molar-refractivity contribution in [1.29, 1.82) is 5.26 Å². The van der Waals surface area contributed by atoms with Crippen LogP contribution in [0, 0.1) is 17.2 Å². The summed E-state index contributed by atoms with van der Waals surface area (Å²) in [5.41, 5.74) is -0.0871. The smallest absolute Gasteiger partial charge is 0.413 e. The van der Waals surface area contributed by atoms with Crippen molar-refractivity contribution in [3.05, 3.63) is 47.7 Å². The first-order valence-corrected chi connectivity index (χ1v) is 11.1. The highest BCUT2D eigenvalue weighted by molar-refractivity contribution is 7.14. The van der Waals surface area contributed by atoms with Crippen LogP contribution in [0.4, 0.5) is 9.93 Å². The highest BCUT2D eigenvalue weighted by Gasteiger charge is 2.48.